The minimum Gasteiger partial charge on any atom is -0.507 e. The summed E-state index contributed by atoms with van der Waals surface area (Å²) in [4.78, 5) is 66.2. The number of methoxy groups -OCH3 is 1. The number of halogens is 1. The zero-order valence-electron chi connectivity index (χ0n) is 41.0. The SMILES string of the molecule is CO[C@H]1/C=C/O[C@@]2(C)Oc3c(C)c(O)c4c(O)c(c(CNCCCn5cc(CCn6cc(F)c(=O)[nH]c6=O)nn5)c(O)c4c3C2=O)NC(=O)/C(C)=C\C=C\[C@H](C)[C@H](O)[C@@H](C)[C@@H](O)[C@@H](C)[C@H](OC(C)=O)[C@@H]1C. The predicted molar refractivity (Wildman–Crippen MR) is 255 cm³/mol. The fraction of sp³-hybridized carbons (Fsp3) is 0.490. The van der Waals surface area contributed by atoms with E-state index in [9.17, 15) is 53.9 Å². The van der Waals surface area contributed by atoms with E-state index >= 15 is 0 Å². The Hall–Kier alpha value is -6.88. The number of ether oxygens (including phenoxy) is 4. The number of hydrogen-bond acceptors (Lipinski definition) is 17. The van der Waals surface area contributed by atoms with Gasteiger partial charge in [0.1, 0.15) is 23.4 Å². The van der Waals surface area contributed by atoms with E-state index < -0.39 is 106 Å². The van der Waals surface area contributed by atoms with Crippen LogP contribution in [0, 0.1) is 36.4 Å². The van der Waals surface area contributed by atoms with Gasteiger partial charge >= 0.3 is 17.4 Å². The van der Waals surface area contributed by atoms with Gasteiger partial charge in [-0.25, -0.2) is 4.79 Å². The number of Topliss-reactive ketones (excluding diaryl/α,β-unsaturated/α-hetero) is 1. The summed E-state index contributed by atoms with van der Waals surface area (Å²) in [5.74, 6) is -9.85. The van der Waals surface area contributed by atoms with Crippen LogP contribution < -0.4 is 26.6 Å². The smallest absolute Gasteiger partial charge is 0.328 e. The van der Waals surface area contributed by atoms with Crippen molar-refractivity contribution in [2.24, 2.45) is 23.7 Å². The third-order valence-electron chi connectivity index (χ3n) is 13.3. The van der Waals surface area contributed by atoms with E-state index in [0.717, 1.165) is 10.8 Å². The van der Waals surface area contributed by atoms with E-state index in [1.807, 2.05) is 4.98 Å². The second kappa shape index (κ2) is 22.0. The fourth-order valence-electron chi connectivity index (χ4n) is 8.98. The molecule has 3 aliphatic rings. The van der Waals surface area contributed by atoms with E-state index in [1.165, 1.54) is 53.2 Å². The highest BCUT2D eigenvalue weighted by Crippen LogP contribution is 2.55. The minimum atomic E-state index is -2.10. The molecule has 8 N–H and O–H groups in total. The summed E-state index contributed by atoms with van der Waals surface area (Å²) in [6.07, 6.45) is 6.40. The third kappa shape index (κ3) is 11.2. The predicted octanol–water partition coefficient (Wildman–Crippen LogP) is 3.76. The Kier molecular flexibility index (Phi) is 16.6. The number of carbonyl (C=O) groups excluding carboxylic acids is 3. The Morgan fingerprint density at radius 3 is 2.37 bits per heavy atom. The molecule has 5 heterocycles. The number of nitrogens with zero attached hydrogens (tertiary/aromatic N) is 4. The molecule has 0 fully saturated rings. The lowest BCUT2D eigenvalue weighted by Gasteiger charge is -2.38. The van der Waals surface area contributed by atoms with Gasteiger partial charge in [-0.15, -0.1) is 5.10 Å². The number of rotatable bonds is 11. The van der Waals surface area contributed by atoms with Crippen molar-refractivity contribution in [1.29, 1.82) is 0 Å². The quantitative estimate of drug-likeness (QED) is 0.0459. The van der Waals surface area contributed by atoms with Gasteiger partial charge in [-0.3, -0.25) is 33.4 Å². The van der Waals surface area contributed by atoms with Gasteiger partial charge in [0.2, 0.25) is 5.82 Å². The summed E-state index contributed by atoms with van der Waals surface area (Å²) in [5, 5.41) is 72.3. The number of aromatic nitrogens is 5. The van der Waals surface area contributed by atoms with Crippen molar-refractivity contribution in [3.63, 3.8) is 0 Å². The molecule has 2 aromatic heterocycles. The molecule has 0 spiro atoms. The van der Waals surface area contributed by atoms with E-state index in [4.69, 9.17) is 18.9 Å². The van der Waals surface area contributed by atoms with Gasteiger partial charge in [0.05, 0.1) is 53.1 Å². The summed E-state index contributed by atoms with van der Waals surface area (Å²) >= 11 is 0. The number of fused-ring (bicyclic) bond motifs is 14. The van der Waals surface area contributed by atoms with Crippen LogP contribution in [0.5, 0.6) is 23.0 Å². The highest BCUT2D eigenvalue weighted by atomic mass is 19.1. The van der Waals surface area contributed by atoms with Crippen LogP contribution in [0.25, 0.3) is 10.8 Å². The maximum atomic E-state index is 14.6. The largest absolute Gasteiger partial charge is 0.507 e. The van der Waals surface area contributed by atoms with Crippen LogP contribution in [0.3, 0.4) is 0 Å². The number of benzene rings is 2. The molecule has 0 radical (unpaired) electrons. The molecular formula is C49H62FN7O14. The number of H-pyrrole nitrogens is 1. The van der Waals surface area contributed by atoms with E-state index in [1.54, 1.807) is 50.7 Å². The van der Waals surface area contributed by atoms with Crippen molar-refractivity contribution in [3.8, 4) is 23.0 Å². The number of carbonyl (C=O) groups is 3. The standard InChI is InChI=1S/C49H62FN7O14/c1-23-12-10-13-24(2)46(65)52-37-31(20-51-16-11-17-57-21-30(54-55-57)14-18-56-22-32(50)47(66)53-48(56)67)41(62)34-35(42(37)63)40(61)28(6)44-36(34)45(64)49(8,71-44)69-19-15-33(68-9)25(3)43(70-29(7)58)27(5)39(60)26(4)38(23)59/h10,12-13,15,19,21-23,25-27,33,38-39,43,51,59-63H,11,14,16-18,20H2,1-9H3,(H,52,65)(H,53,66,67)/b12-10+,19-15+,24-13-/t23-,25+,26+,27+,33-,38-,39+,43+,49-/m0/s1. The lowest BCUT2D eigenvalue weighted by Crippen LogP contribution is -2.46. The summed E-state index contributed by atoms with van der Waals surface area (Å²) in [5.41, 5.74) is -1.77. The van der Waals surface area contributed by atoms with Crippen LogP contribution >= 0.6 is 0 Å². The molecule has 0 unspecified atom stereocenters. The number of amides is 1. The zero-order valence-corrected chi connectivity index (χ0v) is 41.0. The molecule has 0 saturated heterocycles. The zero-order chi connectivity index (χ0) is 52.2. The van der Waals surface area contributed by atoms with Crippen LogP contribution in [-0.4, -0.2) is 112 Å². The number of aromatic hydroxyl groups is 3. The number of aliphatic hydroxyl groups is 2. The van der Waals surface area contributed by atoms with Gasteiger partial charge in [-0.05, 0) is 32.9 Å². The average Bonchev–Trinajstić information content (AvgIpc) is 3.89. The maximum Gasteiger partial charge on any atom is 0.328 e. The first-order chi connectivity index (χ1) is 33.5. The van der Waals surface area contributed by atoms with Crippen LogP contribution in [0.2, 0.25) is 0 Å². The van der Waals surface area contributed by atoms with Gasteiger partial charge < -0.3 is 55.1 Å². The average molecular weight is 992 g/mol. The molecule has 2 aromatic carbocycles. The molecule has 5 bridgehead atoms. The number of ketones is 1. The third-order valence-corrected chi connectivity index (χ3v) is 13.3. The number of phenolic OH excluding ortho intramolecular Hbond substituents is 3. The number of nitrogens with one attached hydrogen (secondary N) is 3. The van der Waals surface area contributed by atoms with Crippen LogP contribution in [0.1, 0.15) is 82.1 Å². The van der Waals surface area contributed by atoms with Crippen molar-refractivity contribution >= 4 is 34.1 Å². The van der Waals surface area contributed by atoms with Gasteiger partial charge in [0, 0.05) is 99.0 Å². The van der Waals surface area contributed by atoms with Crippen LogP contribution in [0.4, 0.5) is 10.1 Å². The number of esters is 1. The Morgan fingerprint density at radius 1 is 0.958 bits per heavy atom. The summed E-state index contributed by atoms with van der Waals surface area (Å²) in [6, 6.07) is 0. The molecule has 4 aromatic rings. The number of aliphatic hydroxyl groups excluding tert-OH is 2. The van der Waals surface area contributed by atoms with Crippen molar-refractivity contribution in [3.05, 3.63) is 97.6 Å². The summed E-state index contributed by atoms with van der Waals surface area (Å²) in [6.45, 7) is 12.8. The lowest BCUT2D eigenvalue weighted by molar-refractivity contribution is -0.160. The molecule has 0 saturated carbocycles. The molecule has 21 nitrogen and oxygen atoms in total. The second-order valence-electron chi connectivity index (χ2n) is 18.4. The lowest BCUT2D eigenvalue weighted by atomic mass is 9.78. The highest BCUT2D eigenvalue weighted by Gasteiger charge is 2.50. The maximum absolute atomic E-state index is 14.6. The van der Waals surface area contributed by atoms with Crippen molar-refractivity contribution < 1.29 is 63.3 Å². The topological polar surface area (TPSA) is 299 Å². The van der Waals surface area contributed by atoms with Gasteiger partial charge in [-0.1, -0.05) is 51.1 Å². The van der Waals surface area contributed by atoms with Crippen molar-refractivity contribution in [1.82, 2.24) is 29.9 Å². The monoisotopic (exact) mass is 991 g/mol. The van der Waals surface area contributed by atoms with Crippen molar-refractivity contribution in [2.75, 3.05) is 19.0 Å². The van der Waals surface area contributed by atoms with E-state index in [0.29, 0.717) is 18.7 Å². The normalized spacial score (nSPS) is 26.9. The molecule has 9 atom stereocenters. The summed E-state index contributed by atoms with van der Waals surface area (Å²) < 4.78 is 40.0. The Balaban J connectivity index is 1.34. The molecule has 71 heavy (non-hydrogen) atoms. The van der Waals surface area contributed by atoms with Crippen LogP contribution in [0.15, 0.2) is 58.1 Å². The van der Waals surface area contributed by atoms with E-state index in [2.05, 4.69) is 20.9 Å². The molecule has 1 amide bonds. The molecule has 7 rings (SSSR count). The number of hydrogen-bond donors (Lipinski definition) is 8. The van der Waals surface area contributed by atoms with Crippen LogP contribution in [-0.2, 0) is 49.9 Å². The van der Waals surface area contributed by atoms with Gasteiger partial charge in [0.15, 0.2) is 5.75 Å². The first kappa shape index (κ1) is 53.5. The number of aromatic amines is 1. The number of phenols is 3. The number of allylic oxidation sites excluding steroid dienone is 2. The molecule has 384 valence electrons. The first-order valence-corrected chi connectivity index (χ1v) is 23.2. The van der Waals surface area contributed by atoms with Gasteiger partial charge in [0.25, 0.3) is 17.2 Å². The summed E-state index contributed by atoms with van der Waals surface area (Å²) in [7, 11) is 1.42. The molecular weight excluding hydrogens is 930 g/mol. The van der Waals surface area contributed by atoms with Gasteiger partial charge in [-0.2, -0.15) is 4.39 Å². The number of anilines is 1. The first-order valence-electron chi connectivity index (χ1n) is 23.2. The molecule has 0 aliphatic carbocycles. The van der Waals surface area contributed by atoms with Crippen molar-refractivity contribution in [2.45, 2.75) is 118 Å². The Labute approximate surface area is 407 Å². The molecule has 22 heteroatoms. The fourth-order valence-corrected chi connectivity index (χ4v) is 8.98. The molecule has 3 aliphatic heterocycles. The minimum absolute atomic E-state index is 0.0166. The second-order valence-corrected chi connectivity index (χ2v) is 18.4. The number of aryl methyl sites for hydroxylation is 3. The highest BCUT2D eigenvalue weighted by molar-refractivity contribution is 6.22. The van der Waals surface area contributed by atoms with E-state index in [-0.39, 0.29) is 70.5 Å². The Morgan fingerprint density at radius 2 is 1.68 bits per heavy atom. The Bertz CT molecular complexity index is 2890.